The maximum absolute atomic E-state index is 12.7. The number of rotatable bonds is 10. The second kappa shape index (κ2) is 10.7. The Morgan fingerprint density at radius 2 is 1.72 bits per heavy atom. The van der Waals surface area contributed by atoms with E-state index in [0.717, 1.165) is 22.6 Å². The van der Waals surface area contributed by atoms with Crippen molar-refractivity contribution in [2.45, 2.75) is 32.2 Å². The molecule has 0 aliphatic heterocycles. The van der Waals surface area contributed by atoms with Crippen molar-refractivity contribution in [3.63, 3.8) is 0 Å². The van der Waals surface area contributed by atoms with Gasteiger partial charge in [-0.2, -0.15) is 0 Å². The number of carbonyl (C=O) groups excluding carboxylic acids is 1. The van der Waals surface area contributed by atoms with E-state index in [0.29, 0.717) is 30.4 Å². The lowest BCUT2D eigenvalue weighted by molar-refractivity contribution is -0.131. The molecule has 8 heteroatoms. The molecule has 8 nitrogen and oxygen atoms in total. The Morgan fingerprint density at radius 3 is 2.44 bits per heavy atom. The maximum atomic E-state index is 12.7. The monoisotopic (exact) mass is 439 g/mol. The highest BCUT2D eigenvalue weighted by atomic mass is 16.5. The fraction of sp³-hybridized carbons (Fsp3) is 0.375. The van der Waals surface area contributed by atoms with E-state index in [1.165, 1.54) is 0 Å². The fourth-order valence-corrected chi connectivity index (χ4v) is 3.38. The number of benzene rings is 2. The van der Waals surface area contributed by atoms with E-state index >= 15 is 0 Å². The van der Waals surface area contributed by atoms with E-state index in [9.17, 15) is 4.79 Å². The third-order valence-electron chi connectivity index (χ3n) is 5.44. The lowest BCUT2D eigenvalue weighted by Gasteiger charge is -2.25. The SMILES string of the molecule is COc1cccc([C@@H](C)N(C)C(=O)CCc2nnc(Cc3cc(OC)ccc3OC)o2)c1. The topological polar surface area (TPSA) is 86.9 Å². The molecule has 1 amide bonds. The Labute approximate surface area is 188 Å². The van der Waals surface area contributed by atoms with E-state index in [1.54, 1.807) is 33.3 Å². The van der Waals surface area contributed by atoms with Gasteiger partial charge in [-0.05, 0) is 42.8 Å². The van der Waals surface area contributed by atoms with Crippen LogP contribution in [0.25, 0.3) is 0 Å². The van der Waals surface area contributed by atoms with E-state index < -0.39 is 0 Å². The first-order valence-corrected chi connectivity index (χ1v) is 10.4. The first kappa shape index (κ1) is 23.1. The number of nitrogens with zero attached hydrogens (tertiary/aromatic N) is 3. The quantitative estimate of drug-likeness (QED) is 0.474. The molecule has 0 saturated heterocycles. The summed E-state index contributed by atoms with van der Waals surface area (Å²) >= 11 is 0. The maximum Gasteiger partial charge on any atom is 0.223 e. The molecule has 1 atom stereocenters. The van der Waals surface area contributed by atoms with E-state index in [4.69, 9.17) is 18.6 Å². The Morgan fingerprint density at radius 1 is 1.00 bits per heavy atom. The molecule has 0 bridgehead atoms. The average Bonchev–Trinajstić information content (AvgIpc) is 3.28. The Bertz CT molecular complexity index is 1050. The van der Waals surface area contributed by atoms with Crippen LogP contribution in [-0.2, 0) is 17.6 Å². The van der Waals surface area contributed by atoms with Gasteiger partial charge >= 0.3 is 0 Å². The lowest BCUT2D eigenvalue weighted by atomic mass is 10.1. The summed E-state index contributed by atoms with van der Waals surface area (Å²) in [6, 6.07) is 13.2. The molecule has 1 aromatic heterocycles. The highest BCUT2D eigenvalue weighted by Gasteiger charge is 2.19. The molecule has 0 aliphatic carbocycles. The normalized spacial score (nSPS) is 11.7. The standard InChI is InChI=1S/C24H29N3O5/c1-16(17-7-6-8-19(13-17)29-3)27(2)24(28)12-11-22-25-26-23(32-22)15-18-14-20(30-4)9-10-21(18)31-5/h6-10,13-14,16H,11-12,15H2,1-5H3/t16-/m1/s1. The van der Waals surface area contributed by atoms with Gasteiger partial charge in [0.2, 0.25) is 17.7 Å². The number of amides is 1. The Hall–Kier alpha value is -3.55. The van der Waals surface area contributed by atoms with Gasteiger partial charge in [0.05, 0.1) is 33.8 Å². The van der Waals surface area contributed by atoms with E-state index in [-0.39, 0.29) is 18.4 Å². The molecule has 0 unspecified atom stereocenters. The van der Waals surface area contributed by atoms with Crippen molar-refractivity contribution in [1.29, 1.82) is 0 Å². The van der Waals surface area contributed by atoms with Crippen molar-refractivity contribution in [3.05, 3.63) is 65.4 Å². The Balaban J connectivity index is 1.59. The van der Waals surface area contributed by atoms with Crippen LogP contribution in [0.4, 0.5) is 0 Å². The second-order valence-corrected chi connectivity index (χ2v) is 7.40. The van der Waals surface area contributed by atoms with Crippen molar-refractivity contribution in [1.82, 2.24) is 15.1 Å². The molecule has 32 heavy (non-hydrogen) atoms. The van der Waals surface area contributed by atoms with Gasteiger partial charge < -0.3 is 23.5 Å². The third kappa shape index (κ3) is 5.57. The van der Waals surface area contributed by atoms with Gasteiger partial charge in [0, 0.05) is 25.5 Å². The summed E-state index contributed by atoms with van der Waals surface area (Å²) in [7, 11) is 6.64. The van der Waals surface area contributed by atoms with Crippen LogP contribution in [0, 0.1) is 0 Å². The first-order chi connectivity index (χ1) is 15.4. The van der Waals surface area contributed by atoms with Crippen LogP contribution >= 0.6 is 0 Å². The van der Waals surface area contributed by atoms with Gasteiger partial charge in [0.25, 0.3) is 0 Å². The number of ether oxygens (including phenoxy) is 3. The average molecular weight is 440 g/mol. The van der Waals surface area contributed by atoms with Gasteiger partial charge in [-0.1, -0.05) is 12.1 Å². The van der Waals surface area contributed by atoms with Gasteiger partial charge in [-0.3, -0.25) is 4.79 Å². The molecule has 0 saturated carbocycles. The van der Waals surface area contributed by atoms with Crippen LogP contribution in [0.5, 0.6) is 17.2 Å². The Kier molecular flexibility index (Phi) is 7.70. The van der Waals surface area contributed by atoms with Gasteiger partial charge in [0.15, 0.2) is 0 Å². The van der Waals surface area contributed by atoms with Crippen LogP contribution in [0.1, 0.15) is 42.3 Å². The zero-order valence-electron chi connectivity index (χ0n) is 19.1. The molecule has 2 aromatic carbocycles. The summed E-state index contributed by atoms with van der Waals surface area (Å²) in [4.78, 5) is 14.4. The number of hydrogen-bond acceptors (Lipinski definition) is 7. The third-order valence-corrected chi connectivity index (χ3v) is 5.44. The largest absolute Gasteiger partial charge is 0.497 e. The molecule has 0 radical (unpaired) electrons. The smallest absolute Gasteiger partial charge is 0.223 e. The van der Waals surface area contributed by atoms with Crippen molar-refractivity contribution in [2.24, 2.45) is 0 Å². The molecule has 0 N–H and O–H groups in total. The van der Waals surface area contributed by atoms with Crippen LogP contribution in [0.15, 0.2) is 46.9 Å². The zero-order valence-corrected chi connectivity index (χ0v) is 19.1. The summed E-state index contributed by atoms with van der Waals surface area (Å²) in [6.45, 7) is 1.99. The van der Waals surface area contributed by atoms with E-state index in [1.807, 2.05) is 49.4 Å². The summed E-state index contributed by atoms with van der Waals surface area (Å²) in [5, 5.41) is 8.21. The van der Waals surface area contributed by atoms with Crippen LogP contribution in [0.2, 0.25) is 0 Å². The molecule has 0 aliphatic rings. The molecule has 0 fully saturated rings. The lowest BCUT2D eigenvalue weighted by Crippen LogP contribution is -2.29. The van der Waals surface area contributed by atoms with Gasteiger partial charge in [-0.25, -0.2) is 0 Å². The van der Waals surface area contributed by atoms with Crippen molar-refractivity contribution in [3.8, 4) is 17.2 Å². The highest BCUT2D eigenvalue weighted by Crippen LogP contribution is 2.26. The molecule has 3 rings (SSSR count). The summed E-state index contributed by atoms with van der Waals surface area (Å²) in [5.74, 6) is 3.08. The molecular formula is C24H29N3O5. The minimum atomic E-state index is -0.0867. The summed E-state index contributed by atoms with van der Waals surface area (Å²) < 4.78 is 21.7. The van der Waals surface area contributed by atoms with Crippen molar-refractivity contribution >= 4 is 5.91 Å². The summed E-state index contributed by atoms with van der Waals surface area (Å²) in [6.07, 6.45) is 1.05. The minimum absolute atomic E-state index is 0.00506. The first-order valence-electron chi connectivity index (χ1n) is 10.4. The fourth-order valence-electron chi connectivity index (χ4n) is 3.38. The number of aryl methyl sites for hydroxylation is 1. The zero-order chi connectivity index (χ0) is 23.1. The van der Waals surface area contributed by atoms with Crippen LogP contribution < -0.4 is 14.2 Å². The van der Waals surface area contributed by atoms with Crippen molar-refractivity contribution in [2.75, 3.05) is 28.4 Å². The number of aromatic nitrogens is 2. The van der Waals surface area contributed by atoms with Crippen LogP contribution in [0.3, 0.4) is 0 Å². The predicted molar refractivity (Wildman–Crippen MR) is 119 cm³/mol. The highest BCUT2D eigenvalue weighted by molar-refractivity contribution is 5.76. The minimum Gasteiger partial charge on any atom is -0.497 e. The number of hydrogen-bond donors (Lipinski definition) is 0. The molecule has 1 heterocycles. The summed E-state index contributed by atoms with van der Waals surface area (Å²) in [5.41, 5.74) is 1.89. The number of methoxy groups -OCH3 is 3. The number of carbonyl (C=O) groups is 1. The van der Waals surface area contributed by atoms with E-state index in [2.05, 4.69) is 10.2 Å². The predicted octanol–water partition coefficient (Wildman–Crippen LogP) is 3.84. The second-order valence-electron chi connectivity index (χ2n) is 7.40. The molecule has 3 aromatic rings. The van der Waals surface area contributed by atoms with Gasteiger partial charge in [0.1, 0.15) is 17.2 Å². The molecule has 0 spiro atoms. The van der Waals surface area contributed by atoms with Gasteiger partial charge in [-0.15, -0.1) is 10.2 Å². The molecular weight excluding hydrogens is 410 g/mol. The molecule has 170 valence electrons. The van der Waals surface area contributed by atoms with Crippen LogP contribution in [-0.4, -0.2) is 49.4 Å². The van der Waals surface area contributed by atoms with Crippen molar-refractivity contribution < 1.29 is 23.4 Å².